The number of benzene rings is 2. The highest BCUT2D eigenvalue weighted by atomic mass is 19.4. The number of hydrogen-bond acceptors (Lipinski definition) is 6. The van der Waals surface area contributed by atoms with Crippen molar-refractivity contribution in [3.8, 4) is 17.0 Å². The highest BCUT2D eigenvalue weighted by molar-refractivity contribution is 5.88. The maximum atomic E-state index is 13.1. The Morgan fingerprint density at radius 2 is 1.87 bits per heavy atom. The molecule has 1 saturated heterocycles. The van der Waals surface area contributed by atoms with Gasteiger partial charge in [0.05, 0.1) is 29.9 Å². The molecule has 7 rings (SSSR count). The van der Waals surface area contributed by atoms with Crippen molar-refractivity contribution in [1.82, 2.24) is 5.16 Å². The van der Waals surface area contributed by atoms with Crippen molar-refractivity contribution < 1.29 is 37.1 Å². The second kappa shape index (κ2) is 8.74. The van der Waals surface area contributed by atoms with Crippen LogP contribution in [0.2, 0.25) is 0 Å². The molecule has 4 atom stereocenters. The lowest BCUT2D eigenvalue weighted by Crippen LogP contribution is -2.46. The minimum atomic E-state index is -4.82. The minimum Gasteiger partial charge on any atom is -0.478 e. The maximum Gasteiger partial charge on any atom is 0.573 e. The van der Waals surface area contributed by atoms with E-state index in [4.69, 9.17) is 9.26 Å². The summed E-state index contributed by atoms with van der Waals surface area (Å²) in [5.74, 6) is 0.128. The third-order valence-corrected chi connectivity index (χ3v) is 8.89. The van der Waals surface area contributed by atoms with Gasteiger partial charge >= 0.3 is 12.3 Å². The fourth-order valence-corrected chi connectivity index (χ4v) is 6.84. The largest absolute Gasteiger partial charge is 0.573 e. The Bertz CT molecular complexity index is 1420. The summed E-state index contributed by atoms with van der Waals surface area (Å²) in [6, 6.07) is 13.4. The molecular weight excluding hydrogens is 513 g/mol. The number of aromatic carboxylic acids is 1. The average molecular weight is 541 g/mol. The van der Waals surface area contributed by atoms with Gasteiger partial charge < -0.3 is 24.0 Å². The van der Waals surface area contributed by atoms with Gasteiger partial charge in [-0.3, -0.25) is 0 Å². The Kier molecular flexibility index (Phi) is 5.49. The molecule has 1 aliphatic heterocycles. The smallest absolute Gasteiger partial charge is 0.478 e. The van der Waals surface area contributed by atoms with Crippen LogP contribution in [-0.4, -0.2) is 40.3 Å². The van der Waals surface area contributed by atoms with Crippen LogP contribution in [0.4, 0.5) is 18.9 Å². The van der Waals surface area contributed by atoms with Crippen LogP contribution in [0.3, 0.4) is 0 Å². The zero-order valence-electron chi connectivity index (χ0n) is 21.0. The number of nitrogens with zero attached hydrogens (tertiary/aromatic N) is 2. The van der Waals surface area contributed by atoms with Crippen LogP contribution in [0.25, 0.3) is 11.3 Å². The van der Waals surface area contributed by atoms with E-state index in [1.165, 1.54) is 12.1 Å². The molecule has 1 N–H and O–H groups in total. The number of rotatable bonds is 8. The van der Waals surface area contributed by atoms with E-state index in [-0.39, 0.29) is 41.0 Å². The highest BCUT2D eigenvalue weighted by Gasteiger charge is 2.72. The van der Waals surface area contributed by atoms with Gasteiger partial charge in [-0.25, -0.2) is 4.79 Å². The molecule has 7 nitrogen and oxygen atoms in total. The predicted octanol–water partition coefficient (Wildman–Crippen LogP) is 6.53. The van der Waals surface area contributed by atoms with Crippen LogP contribution in [-0.2, 0) is 11.3 Å². The Morgan fingerprint density at radius 3 is 2.54 bits per heavy atom. The van der Waals surface area contributed by atoms with E-state index in [1.54, 1.807) is 24.3 Å². The molecule has 0 radical (unpaired) electrons. The van der Waals surface area contributed by atoms with Crippen molar-refractivity contribution in [2.24, 2.45) is 5.92 Å². The molecular formula is C29H27F3N2O5. The second-order valence-corrected chi connectivity index (χ2v) is 11.1. The molecule has 1 aromatic heterocycles. The van der Waals surface area contributed by atoms with E-state index in [1.807, 2.05) is 12.1 Å². The average Bonchev–Trinajstić information content (AvgIpc) is 3.80. The van der Waals surface area contributed by atoms with Gasteiger partial charge in [0.1, 0.15) is 17.2 Å². The van der Waals surface area contributed by atoms with Crippen molar-refractivity contribution in [3.05, 3.63) is 65.4 Å². The topological polar surface area (TPSA) is 84.8 Å². The third-order valence-electron chi connectivity index (χ3n) is 8.89. The van der Waals surface area contributed by atoms with E-state index < -0.39 is 12.3 Å². The number of ether oxygens (including phenoxy) is 2. The van der Waals surface area contributed by atoms with Gasteiger partial charge in [-0.1, -0.05) is 17.3 Å². The number of hydrogen-bond donors (Lipinski definition) is 1. The van der Waals surface area contributed by atoms with Crippen LogP contribution in [0.5, 0.6) is 5.75 Å². The zero-order chi connectivity index (χ0) is 26.9. The Balaban J connectivity index is 1.10. The van der Waals surface area contributed by atoms with Crippen molar-refractivity contribution in [3.63, 3.8) is 0 Å². The number of halogens is 3. The standard InChI is InChI=1S/C29H27F3N2O5/c30-29(31,32)38-23-4-2-1-3-21(23)25-22(26(39-33-25)16-5-6-16)15-37-20-13-18-11-12-28(18)24(14-20)34(28)19-9-7-17(8-10-19)27(35)36/h1-4,7-10,16,18,20,24H,5-6,11-15H2,(H,35,36)/t18-,20-,24?,28-,34?/m0/s1. The van der Waals surface area contributed by atoms with Crippen molar-refractivity contribution >= 4 is 11.7 Å². The monoisotopic (exact) mass is 540 g/mol. The van der Waals surface area contributed by atoms with Crippen LogP contribution < -0.4 is 9.64 Å². The van der Waals surface area contributed by atoms with Gasteiger partial charge in [0.15, 0.2) is 0 Å². The Morgan fingerprint density at radius 1 is 1.10 bits per heavy atom. The van der Waals surface area contributed by atoms with E-state index in [2.05, 4.69) is 14.8 Å². The lowest BCUT2D eigenvalue weighted by molar-refractivity contribution is -0.274. The number of carboxylic acids is 1. The molecule has 3 saturated carbocycles. The molecule has 0 amide bonds. The SMILES string of the molecule is O=C(O)c1ccc(N2C3C[C@@H](OCc4c(-c5ccccc5OC(F)(F)F)noc4C4CC4)C[C@@H]4CC[C@@]342)cc1. The van der Waals surface area contributed by atoms with Crippen LogP contribution in [0, 0.1) is 5.92 Å². The number of aromatic nitrogens is 1. The van der Waals surface area contributed by atoms with E-state index in [0.29, 0.717) is 29.0 Å². The summed E-state index contributed by atoms with van der Waals surface area (Å²) in [7, 11) is 0. The molecule has 10 heteroatoms. The summed E-state index contributed by atoms with van der Waals surface area (Å²) in [6.45, 7) is 0.204. The Hall–Kier alpha value is -3.53. The summed E-state index contributed by atoms with van der Waals surface area (Å²) in [5, 5.41) is 13.4. The van der Waals surface area contributed by atoms with Crippen LogP contribution in [0.1, 0.15) is 66.1 Å². The molecule has 39 heavy (non-hydrogen) atoms. The third kappa shape index (κ3) is 4.16. The molecule has 3 aliphatic carbocycles. The number of carboxylic acid groups (broad SMARTS) is 1. The molecule has 2 heterocycles. The molecule has 0 bridgehead atoms. The van der Waals surface area contributed by atoms with Gasteiger partial charge in [-0.05, 0) is 80.8 Å². The zero-order valence-corrected chi connectivity index (χ0v) is 21.0. The van der Waals surface area contributed by atoms with Gasteiger partial charge in [0.2, 0.25) is 0 Å². The van der Waals surface area contributed by atoms with Gasteiger partial charge in [-0.2, -0.15) is 0 Å². The van der Waals surface area contributed by atoms with Gasteiger partial charge in [-0.15, -0.1) is 13.2 Å². The summed E-state index contributed by atoms with van der Waals surface area (Å²) in [5.41, 5.74) is 2.69. The Labute approximate surface area is 222 Å². The first-order valence-electron chi connectivity index (χ1n) is 13.3. The predicted molar refractivity (Wildman–Crippen MR) is 134 cm³/mol. The normalized spacial score (nSPS) is 27.4. The fourth-order valence-electron chi connectivity index (χ4n) is 6.84. The maximum absolute atomic E-state index is 13.1. The minimum absolute atomic E-state index is 0.00631. The first kappa shape index (κ1) is 24.5. The van der Waals surface area contributed by atoms with E-state index >= 15 is 0 Å². The number of alkyl halides is 3. The van der Waals surface area contributed by atoms with E-state index in [9.17, 15) is 23.1 Å². The number of para-hydroxylation sites is 1. The summed E-state index contributed by atoms with van der Waals surface area (Å²) < 4.78 is 55.6. The number of anilines is 1. The molecule has 3 aromatic rings. The van der Waals surface area contributed by atoms with Gasteiger partial charge in [0, 0.05) is 22.7 Å². The lowest BCUT2D eigenvalue weighted by Gasteiger charge is -2.42. The second-order valence-electron chi connectivity index (χ2n) is 11.1. The van der Waals surface area contributed by atoms with E-state index in [0.717, 1.165) is 44.2 Å². The summed E-state index contributed by atoms with van der Waals surface area (Å²) in [6.07, 6.45) is 1.06. The number of carbonyl (C=O) groups is 1. The summed E-state index contributed by atoms with van der Waals surface area (Å²) in [4.78, 5) is 13.7. The molecule has 2 aromatic carbocycles. The van der Waals surface area contributed by atoms with Crippen molar-refractivity contribution in [2.75, 3.05) is 4.90 Å². The van der Waals surface area contributed by atoms with Crippen molar-refractivity contribution in [1.29, 1.82) is 0 Å². The van der Waals surface area contributed by atoms with Gasteiger partial charge in [0.25, 0.3) is 0 Å². The molecule has 1 unspecified atom stereocenters. The van der Waals surface area contributed by atoms with Crippen LogP contribution >= 0.6 is 0 Å². The van der Waals surface area contributed by atoms with Crippen molar-refractivity contribution in [2.45, 2.75) is 75.1 Å². The molecule has 204 valence electrons. The first-order valence-corrected chi connectivity index (χ1v) is 13.3. The summed E-state index contributed by atoms with van der Waals surface area (Å²) >= 11 is 0. The molecule has 4 aliphatic rings. The van der Waals surface area contributed by atoms with Crippen LogP contribution in [0.15, 0.2) is 53.1 Å². The fraction of sp³-hybridized carbons (Fsp3) is 0.448. The lowest BCUT2D eigenvalue weighted by atomic mass is 9.64. The quantitative estimate of drug-likeness (QED) is 0.325. The molecule has 1 spiro atoms. The molecule has 4 fully saturated rings. The first-order chi connectivity index (χ1) is 18.7. The highest BCUT2D eigenvalue weighted by Crippen LogP contribution is 2.66.